The number of ether oxygens (including phenoxy) is 6. The van der Waals surface area contributed by atoms with E-state index in [0.29, 0.717) is 13.2 Å². The summed E-state index contributed by atoms with van der Waals surface area (Å²) < 4.78 is 33.5. The van der Waals surface area contributed by atoms with Gasteiger partial charge in [0.25, 0.3) is 0 Å². The Labute approximate surface area is 321 Å². The third-order valence-corrected chi connectivity index (χ3v) is 9.13. The van der Waals surface area contributed by atoms with Crippen LogP contribution in [0, 0.1) is 0 Å². The second-order valence-electron chi connectivity index (χ2n) is 12.7. The molecule has 0 amide bonds. The molecule has 51 heavy (non-hydrogen) atoms. The normalized spacial score (nSPS) is 19.5. The summed E-state index contributed by atoms with van der Waals surface area (Å²) in [4.78, 5) is 2.37. The van der Waals surface area contributed by atoms with Gasteiger partial charge in [-0.2, -0.15) is 0 Å². The first kappa shape index (κ1) is 40.4. The largest absolute Gasteiger partial charge is 0.497 e. The smallest absolute Gasteiger partial charge is 0.123 e. The fourth-order valence-corrected chi connectivity index (χ4v) is 6.00. The third-order valence-electron chi connectivity index (χ3n) is 8.30. The average molecular weight is 805 g/mol. The van der Waals surface area contributed by atoms with Gasteiger partial charge < -0.3 is 33.7 Å². The first-order chi connectivity index (χ1) is 24.6. The van der Waals surface area contributed by atoms with Crippen LogP contribution in [0.5, 0.6) is 34.5 Å². The number of hydrogen-bond acceptors (Lipinski definition) is 8. The van der Waals surface area contributed by atoms with Crippen LogP contribution in [0.2, 0.25) is 10.0 Å². The highest BCUT2D eigenvalue weighted by Crippen LogP contribution is 2.29. The van der Waals surface area contributed by atoms with E-state index in [1.54, 1.807) is 14.2 Å². The van der Waals surface area contributed by atoms with Gasteiger partial charge in [0.15, 0.2) is 0 Å². The van der Waals surface area contributed by atoms with Gasteiger partial charge in [-0.25, -0.2) is 0 Å². The van der Waals surface area contributed by atoms with E-state index in [2.05, 4.69) is 40.0 Å². The van der Waals surface area contributed by atoms with E-state index >= 15 is 0 Å². The Kier molecular flexibility index (Phi) is 16.4. The Bertz CT molecular complexity index is 1590. The van der Waals surface area contributed by atoms with Gasteiger partial charge in [-0.05, 0) is 93.2 Å². The number of hydrogen-bond donors (Lipinski definition) is 1. The fourth-order valence-electron chi connectivity index (χ4n) is 5.59. The quantitative estimate of drug-likeness (QED) is 0.134. The van der Waals surface area contributed by atoms with E-state index in [-0.39, 0.29) is 11.2 Å². The van der Waals surface area contributed by atoms with Crippen LogP contribution in [0.4, 0.5) is 0 Å². The molecule has 4 aromatic carbocycles. The molecule has 0 aromatic heterocycles. The SMILES string of the molecule is CC1(Oc2ccc(Cl)cc2)CCNC1.COc1cccc(OCCBr)c1.COc1cccc(OCCN2CCC(C)(Oc3ccc(Cl)cc3)C2)c1. The number of benzene rings is 4. The van der Waals surface area contributed by atoms with Crippen LogP contribution >= 0.6 is 39.1 Å². The highest BCUT2D eigenvalue weighted by Gasteiger charge is 2.35. The van der Waals surface area contributed by atoms with Crippen LogP contribution < -0.4 is 33.7 Å². The van der Waals surface area contributed by atoms with Gasteiger partial charge >= 0.3 is 0 Å². The maximum absolute atomic E-state index is 6.19. The van der Waals surface area contributed by atoms with Crippen LogP contribution in [0.3, 0.4) is 0 Å². The molecule has 2 aliphatic rings. The number of rotatable bonds is 13. The number of nitrogens with zero attached hydrogens (tertiary/aromatic N) is 1. The lowest BCUT2D eigenvalue weighted by Crippen LogP contribution is -2.37. The molecule has 0 radical (unpaired) electrons. The van der Waals surface area contributed by atoms with Crippen molar-refractivity contribution in [2.75, 3.05) is 65.5 Å². The molecule has 0 bridgehead atoms. The molecule has 2 unspecified atom stereocenters. The van der Waals surface area contributed by atoms with E-state index in [0.717, 1.165) is 95.4 Å². The van der Waals surface area contributed by atoms with Crippen molar-refractivity contribution in [3.05, 3.63) is 107 Å². The Morgan fingerprint density at radius 1 is 0.667 bits per heavy atom. The predicted octanol–water partition coefficient (Wildman–Crippen LogP) is 9.21. The highest BCUT2D eigenvalue weighted by molar-refractivity contribution is 9.09. The second kappa shape index (κ2) is 20.6. The molecule has 11 heteroatoms. The zero-order valence-electron chi connectivity index (χ0n) is 29.8. The van der Waals surface area contributed by atoms with E-state index in [9.17, 15) is 0 Å². The number of halogens is 3. The van der Waals surface area contributed by atoms with Gasteiger partial charge in [-0.15, -0.1) is 0 Å². The van der Waals surface area contributed by atoms with Crippen molar-refractivity contribution < 1.29 is 28.4 Å². The van der Waals surface area contributed by atoms with Crippen molar-refractivity contribution >= 4 is 39.1 Å². The first-order valence-electron chi connectivity index (χ1n) is 17.0. The molecular formula is C40H49BrCl2N2O6. The molecule has 4 aromatic rings. The van der Waals surface area contributed by atoms with Crippen LogP contribution in [0.1, 0.15) is 26.7 Å². The van der Waals surface area contributed by atoms with E-state index in [1.165, 1.54) is 0 Å². The molecule has 8 nitrogen and oxygen atoms in total. The lowest BCUT2D eigenvalue weighted by atomic mass is 10.1. The standard InChI is InChI=1S/C20H24ClNO3.C11H14ClNO.C9H11BrO2/c1-20(25-17-8-6-16(21)7-9-17)10-11-22(15-20)12-13-24-19-5-3-4-18(14-19)23-2;1-11(6-7-13-8-11)14-10-4-2-9(12)3-5-10;1-11-8-3-2-4-9(7-8)12-6-5-10/h3-9,14H,10-13,15H2,1-2H3;2-5,13H,6-8H2,1H3;2-4,7H,5-6H2,1H3. The summed E-state index contributed by atoms with van der Waals surface area (Å²) in [5.41, 5.74) is -0.238. The van der Waals surface area contributed by atoms with Gasteiger partial charge in [0.05, 0.1) is 20.8 Å². The van der Waals surface area contributed by atoms with Gasteiger partial charge in [0.1, 0.15) is 52.3 Å². The first-order valence-corrected chi connectivity index (χ1v) is 18.9. The van der Waals surface area contributed by atoms with Gasteiger partial charge in [0.2, 0.25) is 0 Å². The van der Waals surface area contributed by atoms with Crippen molar-refractivity contribution in [2.45, 2.75) is 37.9 Å². The van der Waals surface area contributed by atoms with E-state index in [1.807, 2.05) is 97.1 Å². The summed E-state index contributed by atoms with van der Waals surface area (Å²) in [5.74, 6) is 5.05. The minimum atomic E-state index is -0.177. The number of nitrogens with one attached hydrogen (secondary N) is 1. The summed E-state index contributed by atoms with van der Waals surface area (Å²) >= 11 is 15.0. The van der Waals surface area contributed by atoms with Crippen molar-refractivity contribution in [3.63, 3.8) is 0 Å². The lowest BCUT2D eigenvalue weighted by molar-refractivity contribution is 0.0935. The predicted molar refractivity (Wildman–Crippen MR) is 210 cm³/mol. The van der Waals surface area contributed by atoms with Crippen molar-refractivity contribution in [1.82, 2.24) is 10.2 Å². The molecule has 2 heterocycles. The summed E-state index contributed by atoms with van der Waals surface area (Å²) in [5, 5.41) is 5.60. The summed E-state index contributed by atoms with van der Waals surface area (Å²) in [6.07, 6.45) is 2.05. The Balaban J connectivity index is 0.000000189. The summed E-state index contributed by atoms with van der Waals surface area (Å²) in [7, 11) is 3.30. The molecule has 2 aliphatic heterocycles. The summed E-state index contributed by atoms with van der Waals surface area (Å²) in [6.45, 7) is 10.3. The third kappa shape index (κ3) is 14.3. The zero-order valence-corrected chi connectivity index (χ0v) is 32.9. The minimum absolute atomic E-state index is 0.0617. The van der Waals surface area contributed by atoms with E-state index < -0.39 is 0 Å². The summed E-state index contributed by atoms with van der Waals surface area (Å²) in [6, 6.07) is 30.3. The molecule has 0 aliphatic carbocycles. The van der Waals surface area contributed by atoms with Crippen molar-refractivity contribution in [1.29, 1.82) is 0 Å². The maximum atomic E-state index is 6.19. The van der Waals surface area contributed by atoms with Gasteiger partial charge in [0, 0.05) is 66.5 Å². The Hall–Kier alpha value is -3.34. The van der Waals surface area contributed by atoms with Crippen LogP contribution in [-0.4, -0.2) is 81.6 Å². The molecule has 0 saturated carbocycles. The number of likely N-dealkylation sites (tertiary alicyclic amines) is 1. The molecular weight excluding hydrogens is 755 g/mol. The Morgan fingerprint density at radius 2 is 1.18 bits per heavy atom. The average Bonchev–Trinajstić information content (AvgIpc) is 3.74. The molecule has 6 rings (SSSR count). The monoisotopic (exact) mass is 802 g/mol. The van der Waals surface area contributed by atoms with E-state index in [4.69, 9.17) is 51.6 Å². The lowest BCUT2D eigenvalue weighted by Gasteiger charge is -2.26. The minimum Gasteiger partial charge on any atom is -0.497 e. The number of methoxy groups -OCH3 is 2. The van der Waals surface area contributed by atoms with Crippen LogP contribution in [0.25, 0.3) is 0 Å². The molecule has 2 atom stereocenters. The molecule has 0 spiro atoms. The maximum Gasteiger partial charge on any atom is 0.123 e. The van der Waals surface area contributed by atoms with Crippen LogP contribution in [-0.2, 0) is 0 Å². The van der Waals surface area contributed by atoms with Gasteiger partial charge in [-0.3, -0.25) is 4.90 Å². The second-order valence-corrected chi connectivity index (χ2v) is 14.4. The fraction of sp³-hybridized carbons (Fsp3) is 0.400. The highest BCUT2D eigenvalue weighted by atomic mass is 79.9. The van der Waals surface area contributed by atoms with Gasteiger partial charge in [-0.1, -0.05) is 51.3 Å². The zero-order chi connectivity index (χ0) is 36.5. The van der Waals surface area contributed by atoms with Crippen molar-refractivity contribution in [3.8, 4) is 34.5 Å². The molecule has 2 fully saturated rings. The van der Waals surface area contributed by atoms with Crippen molar-refractivity contribution in [2.24, 2.45) is 0 Å². The molecule has 2 saturated heterocycles. The number of alkyl halides is 1. The topological polar surface area (TPSA) is 70.7 Å². The molecule has 1 N–H and O–H groups in total. The Morgan fingerprint density at radius 3 is 1.67 bits per heavy atom. The molecule has 276 valence electrons. The van der Waals surface area contributed by atoms with Crippen LogP contribution in [0.15, 0.2) is 97.1 Å².